The Hall–Kier alpha value is -2.82. The molecule has 0 spiro atoms. The van der Waals surface area contributed by atoms with E-state index in [2.05, 4.69) is 26.3 Å². The number of halogens is 2. The average molecular weight is 512 g/mol. The Kier molecular flexibility index (Phi) is 8.17. The van der Waals surface area contributed by atoms with Gasteiger partial charge in [-0.2, -0.15) is 0 Å². The van der Waals surface area contributed by atoms with Crippen LogP contribution in [0.25, 0.3) is 0 Å². The van der Waals surface area contributed by atoms with E-state index in [0.717, 1.165) is 17.1 Å². The van der Waals surface area contributed by atoms with Gasteiger partial charge in [-0.15, -0.1) is 11.3 Å². The van der Waals surface area contributed by atoms with Crippen LogP contribution in [0.1, 0.15) is 38.1 Å². The summed E-state index contributed by atoms with van der Waals surface area (Å²) in [5.74, 6) is -1.40. The lowest BCUT2D eigenvalue weighted by molar-refractivity contribution is -0.137. The molecule has 0 bridgehead atoms. The number of aliphatic carboxylic acids is 1. The van der Waals surface area contributed by atoms with Gasteiger partial charge in [0.15, 0.2) is 5.96 Å². The predicted octanol–water partition coefficient (Wildman–Crippen LogP) is 3.10. The number of guanidine groups is 1. The number of rotatable bonds is 8. The molecule has 0 radical (unpaired) electrons. The molecule has 2 heterocycles. The Balaban J connectivity index is 1.63. The van der Waals surface area contributed by atoms with Crippen LogP contribution < -0.4 is 21.3 Å². The standard InChI is InChI=1S/C21H23Cl2N5O4S/c1-10-13(5-12(22)6-14(10)23)16(8-19(30)31)27-18(29)9-26-20(32)17-7-15(11(2)33-17)28-21-24-3-4-25-21/h5-7,16H,3-4,8-9H2,1-2H3,(H,26,32)(H,27,29)(H,30,31)(H2,24,25,28). The van der Waals surface area contributed by atoms with E-state index in [4.69, 9.17) is 23.2 Å². The van der Waals surface area contributed by atoms with Gasteiger partial charge in [-0.1, -0.05) is 23.2 Å². The van der Waals surface area contributed by atoms with Crippen LogP contribution in [0, 0.1) is 13.8 Å². The fourth-order valence-corrected chi connectivity index (χ4v) is 4.66. The first-order valence-corrected chi connectivity index (χ1v) is 11.6. The fraction of sp³-hybridized carbons (Fsp3) is 0.333. The van der Waals surface area contributed by atoms with E-state index < -0.39 is 23.8 Å². The number of carbonyl (C=O) groups excluding carboxylic acids is 2. The molecule has 3 rings (SSSR count). The molecule has 0 saturated carbocycles. The number of carboxylic acid groups (broad SMARTS) is 1. The molecule has 2 aromatic rings. The highest BCUT2D eigenvalue weighted by atomic mass is 35.5. The van der Waals surface area contributed by atoms with Crippen molar-refractivity contribution >= 4 is 64.0 Å². The van der Waals surface area contributed by atoms with Crippen LogP contribution in [0.5, 0.6) is 0 Å². The lowest BCUT2D eigenvalue weighted by atomic mass is 9.98. The number of hydrogen-bond donors (Lipinski definition) is 5. The van der Waals surface area contributed by atoms with Crippen LogP contribution in [-0.4, -0.2) is 48.5 Å². The zero-order valence-corrected chi connectivity index (χ0v) is 20.2. The number of aliphatic imine (C=N–C) groups is 1. The van der Waals surface area contributed by atoms with Gasteiger partial charge in [-0.3, -0.25) is 19.4 Å². The zero-order valence-electron chi connectivity index (χ0n) is 17.9. The summed E-state index contributed by atoms with van der Waals surface area (Å²) in [5, 5.41) is 21.4. The largest absolute Gasteiger partial charge is 0.481 e. The monoisotopic (exact) mass is 511 g/mol. The van der Waals surface area contributed by atoms with Gasteiger partial charge in [0.2, 0.25) is 5.91 Å². The molecule has 176 valence electrons. The molecule has 1 aliphatic rings. The van der Waals surface area contributed by atoms with Gasteiger partial charge in [0.25, 0.3) is 5.91 Å². The number of carboxylic acids is 1. The molecule has 1 aromatic heterocycles. The molecule has 33 heavy (non-hydrogen) atoms. The van der Waals surface area contributed by atoms with Gasteiger partial charge in [0, 0.05) is 21.5 Å². The van der Waals surface area contributed by atoms with Crippen LogP contribution in [0.3, 0.4) is 0 Å². The minimum atomic E-state index is -1.10. The Morgan fingerprint density at radius 1 is 1.24 bits per heavy atom. The summed E-state index contributed by atoms with van der Waals surface area (Å²) >= 11 is 13.5. The first-order valence-electron chi connectivity index (χ1n) is 10.0. The van der Waals surface area contributed by atoms with Crippen LogP contribution in [0.4, 0.5) is 5.69 Å². The minimum Gasteiger partial charge on any atom is -0.481 e. The third-order valence-electron chi connectivity index (χ3n) is 4.92. The van der Waals surface area contributed by atoms with Crippen molar-refractivity contribution in [2.45, 2.75) is 26.3 Å². The maximum atomic E-state index is 12.5. The van der Waals surface area contributed by atoms with Crippen LogP contribution in [0.15, 0.2) is 23.2 Å². The molecule has 9 nitrogen and oxygen atoms in total. The molecular weight excluding hydrogens is 489 g/mol. The molecular formula is C21H23Cl2N5O4S. The van der Waals surface area contributed by atoms with Crippen molar-refractivity contribution in [3.8, 4) is 0 Å². The summed E-state index contributed by atoms with van der Waals surface area (Å²) < 4.78 is 0. The molecule has 0 saturated heterocycles. The van der Waals surface area contributed by atoms with E-state index in [1.807, 2.05) is 6.92 Å². The number of benzene rings is 1. The summed E-state index contributed by atoms with van der Waals surface area (Å²) in [5.41, 5.74) is 1.88. The first kappa shape index (κ1) is 24.8. The smallest absolute Gasteiger partial charge is 0.305 e. The Bertz CT molecular complexity index is 1120. The SMILES string of the molecule is Cc1sc(C(=O)NCC(=O)NC(CC(=O)O)c2cc(Cl)cc(Cl)c2C)cc1NC1=NCCN1. The van der Waals surface area contributed by atoms with E-state index in [-0.39, 0.29) is 13.0 Å². The molecule has 0 aliphatic carbocycles. The van der Waals surface area contributed by atoms with Crippen LogP contribution >= 0.6 is 34.5 Å². The fourth-order valence-electron chi connectivity index (χ4n) is 3.26. The summed E-state index contributed by atoms with van der Waals surface area (Å²) in [6.45, 7) is 4.72. The number of anilines is 1. The maximum absolute atomic E-state index is 12.5. The second kappa shape index (κ2) is 10.9. The molecule has 5 N–H and O–H groups in total. The van der Waals surface area contributed by atoms with E-state index in [1.165, 1.54) is 11.3 Å². The number of nitrogens with one attached hydrogen (secondary N) is 4. The summed E-state index contributed by atoms with van der Waals surface area (Å²) in [4.78, 5) is 42.0. The van der Waals surface area contributed by atoms with Gasteiger partial charge in [0.1, 0.15) is 0 Å². The lowest BCUT2D eigenvalue weighted by Crippen LogP contribution is -2.39. The van der Waals surface area contributed by atoms with E-state index in [1.54, 1.807) is 25.1 Å². The number of carbonyl (C=O) groups is 3. The maximum Gasteiger partial charge on any atom is 0.305 e. The number of amides is 2. The van der Waals surface area contributed by atoms with Crippen molar-refractivity contribution in [3.63, 3.8) is 0 Å². The summed E-state index contributed by atoms with van der Waals surface area (Å²) in [6.07, 6.45) is -0.367. The molecule has 2 amide bonds. The average Bonchev–Trinajstić information content (AvgIpc) is 3.38. The van der Waals surface area contributed by atoms with Crippen molar-refractivity contribution in [1.29, 1.82) is 0 Å². The van der Waals surface area contributed by atoms with Crippen molar-refractivity contribution < 1.29 is 19.5 Å². The second-order valence-electron chi connectivity index (χ2n) is 7.37. The van der Waals surface area contributed by atoms with Crippen molar-refractivity contribution in [1.82, 2.24) is 16.0 Å². The first-order chi connectivity index (χ1) is 15.6. The quantitative estimate of drug-likeness (QED) is 0.369. The Morgan fingerprint density at radius 2 is 2.00 bits per heavy atom. The minimum absolute atomic E-state index is 0.323. The highest BCUT2D eigenvalue weighted by Gasteiger charge is 2.22. The topological polar surface area (TPSA) is 132 Å². The number of nitrogens with zero attached hydrogens (tertiary/aromatic N) is 1. The molecule has 1 aromatic carbocycles. The van der Waals surface area contributed by atoms with Gasteiger partial charge in [0.05, 0.1) is 36.1 Å². The number of thiophene rings is 1. The number of hydrogen-bond acceptors (Lipinski definition) is 7. The second-order valence-corrected chi connectivity index (χ2v) is 9.47. The van der Waals surface area contributed by atoms with Gasteiger partial charge >= 0.3 is 5.97 Å². The predicted molar refractivity (Wildman–Crippen MR) is 130 cm³/mol. The zero-order chi connectivity index (χ0) is 24.1. The highest BCUT2D eigenvalue weighted by Crippen LogP contribution is 2.30. The summed E-state index contributed by atoms with van der Waals surface area (Å²) in [6, 6.07) is 3.95. The number of aryl methyl sites for hydroxylation is 1. The molecule has 12 heteroatoms. The molecule has 1 atom stereocenters. The third kappa shape index (κ3) is 6.59. The van der Waals surface area contributed by atoms with Crippen molar-refractivity contribution in [3.05, 3.63) is 49.1 Å². The van der Waals surface area contributed by atoms with Gasteiger partial charge in [-0.25, -0.2) is 0 Å². The van der Waals surface area contributed by atoms with E-state index >= 15 is 0 Å². The Morgan fingerprint density at radius 3 is 2.67 bits per heavy atom. The van der Waals surface area contributed by atoms with Crippen molar-refractivity contribution in [2.75, 3.05) is 25.0 Å². The van der Waals surface area contributed by atoms with Gasteiger partial charge in [-0.05, 0) is 43.2 Å². The third-order valence-corrected chi connectivity index (χ3v) is 6.58. The van der Waals surface area contributed by atoms with E-state index in [9.17, 15) is 19.5 Å². The van der Waals surface area contributed by atoms with Gasteiger partial charge < -0.3 is 26.4 Å². The Labute approximate surface area is 204 Å². The van der Waals surface area contributed by atoms with E-state index in [0.29, 0.717) is 38.6 Å². The van der Waals surface area contributed by atoms with Crippen LogP contribution in [-0.2, 0) is 9.59 Å². The molecule has 1 aliphatic heterocycles. The van der Waals surface area contributed by atoms with Crippen molar-refractivity contribution in [2.24, 2.45) is 4.99 Å². The highest BCUT2D eigenvalue weighted by molar-refractivity contribution is 7.14. The lowest BCUT2D eigenvalue weighted by Gasteiger charge is -2.20. The van der Waals surface area contributed by atoms with Crippen LogP contribution in [0.2, 0.25) is 10.0 Å². The molecule has 0 fully saturated rings. The molecule has 1 unspecified atom stereocenters. The summed E-state index contributed by atoms with van der Waals surface area (Å²) in [7, 11) is 0. The normalized spacial score (nSPS) is 13.6.